The average molecular weight is 265 g/mol. The molecule has 1 aromatic carbocycles. The average Bonchev–Trinajstić information content (AvgIpc) is 2.36. The Bertz CT molecular complexity index is 503. The normalized spacial score (nSPS) is 21.2. The van der Waals surface area contributed by atoms with Gasteiger partial charge >= 0.3 is 5.97 Å². The minimum Gasteiger partial charge on any atom is -0.478 e. The fourth-order valence-electron chi connectivity index (χ4n) is 3.04. The number of carboxylic acids is 1. The van der Waals surface area contributed by atoms with Crippen LogP contribution in [0.15, 0.2) is 18.2 Å². The van der Waals surface area contributed by atoms with E-state index in [1.807, 2.05) is 4.90 Å². The molecular formula is C14H16FNO3. The van der Waals surface area contributed by atoms with Gasteiger partial charge in [-0.3, -0.25) is 0 Å². The second-order valence-electron chi connectivity index (χ2n) is 5.41. The first-order valence-corrected chi connectivity index (χ1v) is 6.46. The summed E-state index contributed by atoms with van der Waals surface area (Å²) in [7, 11) is 0. The molecule has 1 N–H and O–H groups in total. The van der Waals surface area contributed by atoms with Crippen LogP contribution >= 0.6 is 0 Å². The highest BCUT2D eigenvalue weighted by Gasteiger charge is 2.44. The third kappa shape index (κ3) is 2.08. The van der Waals surface area contributed by atoms with Gasteiger partial charge in [0.05, 0.1) is 5.69 Å². The summed E-state index contributed by atoms with van der Waals surface area (Å²) < 4.78 is 19.0. The molecule has 2 saturated heterocycles. The van der Waals surface area contributed by atoms with E-state index in [4.69, 9.17) is 9.84 Å². The molecule has 0 radical (unpaired) electrons. The second-order valence-corrected chi connectivity index (χ2v) is 5.41. The molecule has 102 valence electrons. The molecule has 0 saturated carbocycles. The van der Waals surface area contributed by atoms with Gasteiger partial charge in [-0.25, -0.2) is 9.18 Å². The Morgan fingerprint density at radius 3 is 2.63 bits per heavy atom. The predicted molar refractivity (Wildman–Crippen MR) is 68.1 cm³/mol. The van der Waals surface area contributed by atoms with E-state index in [1.165, 1.54) is 6.07 Å². The molecule has 0 atom stereocenters. The van der Waals surface area contributed by atoms with Gasteiger partial charge in [-0.15, -0.1) is 0 Å². The van der Waals surface area contributed by atoms with Crippen LogP contribution in [0.5, 0.6) is 0 Å². The van der Waals surface area contributed by atoms with Crippen molar-refractivity contribution in [3.8, 4) is 0 Å². The summed E-state index contributed by atoms with van der Waals surface area (Å²) in [5.41, 5.74) is 0.509. The number of nitrogens with zero attached hydrogens (tertiary/aromatic N) is 1. The number of anilines is 1. The first kappa shape index (κ1) is 12.4. The summed E-state index contributed by atoms with van der Waals surface area (Å²) >= 11 is 0. The molecule has 0 bridgehead atoms. The Morgan fingerprint density at radius 2 is 2.00 bits per heavy atom. The van der Waals surface area contributed by atoms with Crippen LogP contribution in [-0.2, 0) is 4.74 Å². The Kier molecular flexibility index (Phi) is 2.93. The fourth-order valence-corrected chi connectivity index (χ4v) is 3.04. The number of halogens is 1. The molecule has 1 aromatic rings. The number of hydrogen-bond donors (Lipinski definition) is 1. The first-order valence-electron chi connectivity index (χ1n) is 6.46. The van der Waals surface area contributed by atoms with E-state index in [1.54, 1.807) is 12.1 Å². The summed E-state index contributed by atoms with van der Waals surface area (Å²) in [6, 6.07) is 4.43. The smallest absolute Gasteiger partial charge is 0.340 e. The van der Waals surface area contributed by atoms with Crippen LogP contribution in [-0.4, -0.2) is 37.4 Å². The van der Waals surface area contributed by atoms with E-state index in [0.717, 1.165) is 39.1 Å². The highest BCUT2D eigenvalue weighted by Crippen LogP contribution is 2.43. The van der Waals surface area contributed by atoms with E-state index in [2.05, 4.69) is 0 Å². The number of carboxylic acid groups (broad SMARTS) is 1. The van der Waals surface area contributed by atoms with E-state index in [-0.39, 0.29) is 11.0 Å². The quantitative estimate of drug-likeness (QED) is 0.890. The van der Waals surface area contributed by atoms with Gasteiger partial charge in [-0.05, 0) is 25.0 Å². The van der Waals surface area contributed by atoms with Gasteiger partial charge in [0.2, 0.25) is 0 Å². The molecule has 3 rings (SSSR count). The molecule has 4 nitrogen and oxygen atoms in total. The Balaban J connectivity index is 1.82. The van der Waals surface area contributed by atoms with Crippen molar-refractivity contribution in [1.29, 1.82) is 0 Å². The van der Waals surface area contributed by atoms with Gasteiger partial charge in [0.1, 0.15) is 11.4 Å². The lowest BCUT2D eigenvalue weighted by molar-refractivity contribution is -0.000324. The Labute approximate surface area is 110 Å². The van der Waals surface area contributed by atoms with Crippen LogP contribution in [0.1, 0.15) is 23.2 Å². The number of carbonyl (C=O) groups is 1. The molecule has 2 fully saturated rings. The number of rotatable bonds is 2. The lowest BCUT2D eigenvalue weighted by Gasteiger charge is -2.53. The van der Waals surface area contributed by atoms with Gasteiger partial charge in [-0.2, -0.15) is 0 Å². The van der Waals surface area contributed by atoms with Crippen LogP contribution in [0.4, 0.5) is 10.1 Å². The van der Waals surface area contributed by atoms with Crippen molar-refractivity contribution < 1.29 is 19.0 Å². The molecule has 2 heterocycles. The number of aromatic carboxylic acids is 1. The maximum Gasteiger partial charge on any atom is 0.340 e. The zero-order valence-electron chi connectivity index (χ0n) is 10.6. The second kappa shape index (κ2) is 4.49. The van der Waals surface area contributed by atoms with Crippen molar-refractivity contribution in [2.45, 2.75) is 12.8 Å². The summed E-state index contributed by atoms with van der Waals surface area (Å²) in [6.07, 6.45) is 2.00. The Morgan fingerprint density at radius 1 is 1.32 bits per heavy atom. The van der Waals surface area contributed by atoms with Crippen LogP contribution in [0.3, 0.4) is 0 Å². The summed E-state index contributed by atoms with van der Waals surface area (Å²) in [4.78, 5) is 13.1. The standard InChI is InChI=1S/C14H16FNO3/c15-10-2-1-3-11(12(10)13(17)18)16-8-14(9-16)4-6-19-7-5-14/h1-3H,4-9H2,(H,17,18). The summed E-state index contributed by atoms with van der Waals surface area (Å²) in [6.45, 7) is 3.12. The molecule has 1 spiro atoms. The van der Waals surface area contributed by atoms with E-state index >= 15 is 0 Å². The first-order chi connectivity index (χ1) is 9.11. The van der Waals surface area contributed by atoms with Crippen LogP contribution < -0.4 is 4.90 Å². The van der Waals surface area contributed by atoms with E-state index in [0.29, 0.717) is 5.69 Å². The van der Waals surface area contributed by atoms with Crippen molar-refractivity contribution in [2.24, 2.45) is 5.41 Å². The highest BCUT2D eigenvalue weighted by atomic mass is 19.1. The molecule has 0 aromatic heterocycles. The van der Waals surface area contributed by atoms with Gasteiger partial charge in [0, 0.05) is 31.7 Å². The van der Waals surface area contributed by atoms with Crippen molar-refractivity contribution in [2.75, 3.05) is 31.2 Å². The molecule has 0 aliphatic carbocycles. The SMILES string of the molecule is O=C(O)c1c(F)cccc1N1CC2(CCOCC2)C1. The number of hydrogen-bond acceptors (Lipinski definition) is 3. The van der Waals surface area contributed by atoms with Crippen LogP contribution in [0.2, 0.25) is 0 Å². The van der Waals surface area contributed by atoms with Crippen LogP contribution in [0, 0.1) is 11.2 Å². The van der Waals surface area contributed by atoms with Crippen molar-refractivity contribution in [1.82, 2.24) is 0 Å². The van der Waals surface area contributed by atoms with Gasteiger partial charge in [0.25, 0.3) is 0 Å². The molecule has 2 aliphatic rings. The molecule has 5 heteroatoms. The number of ether oxygens (including phenoxy) is 1. The van der Waals surface area contributed by atoms with Crippen molar-refractivity contribution >= 4 is 11.7 Å². The number of benzene rings is 1. The third-order valence-corrected chi connectivity index (χ3v) is 4.15. The lowest BCUT2D eigenvalue weighted by atomic mass is 9.73. The maximum atomic E-state index is 13.6. The molecule has 0 unspecified atom stereocenters. The fraction of sp³-hybridized carbons (Fsp3) is 0.500. The molecule has 0 amide bonds. The van der Waals surface area contributed by atoms with E-state index < -0.39 is 11.8 Å². The molecule has 19 heavy (non-hydrogen) atoms. The zero-order chi connectivity index (χ0) is 13.5. The third-order valence-electron chi connectivity index (χ3n) is 4.15. The monoisotopic (exact) mass is 265 g/mol. The highest BCUT2D eigenvalue weighted by molar-refractivity contribution is 5.95. The largest absolute Gasteiger partial charge is 0.478 e. The van der Waals surface area contributed by atoms with Gasteiger partial charge in [-0.1, -0.05) is 6.07 Å². The van der Waals surface area contributed by atoms with Crippen molar-refractivity contribution in [3.05, 3.63) is 29.6 Å². The van der Waals surface area contributed by atoms with Gasteiger partial charge < -0.3 is 14.7 Å². The topological polar surface area (TPSA) is 49.8 Å². The van der Waals surface area contributed by atoms with Gasteiger partial charge in [0.15, 0.2) is 0 Å². The Hall–Kier alpha value is -1.62. The zero-order valence-corrected chi connectivity index (χ0v) is 10.6. The molecule has 2 aliphatic heterocycles. The predicted octanol–water partition coefficient (Wildman–Crippen LogP) is 2.14. The minimum absolute atomic E-state index is 0.218. The summed E-state index contributed by atoms with van der Waals surface area (Å²) in [5, 5.41) is 9.13. The lowest BCUT2D eigenvalue weighted by Crippen LogP contribution is -2.59. The summed E-state index contributed by atoms with van der Waals surface area (Å²) in [5.74, 6) is -1.88. The minimum atomic E-state index is -1.21. The van der Waals surface area contributed by atoms with E-state index in [9.17, 15) is 9.18 Å². The van der Waals surface area contributed by atoms with Crippen molar-refractivity contribution in [3.63, 3.8) is 0 Å². The maximum absolute atomic E-state index is 13.6. The molecular weight excluding hydrogens is 249 g/mol. The van der Waals surface area contributed by atoms with Crippen LogP contribution in [0.25, 0.3) is 0 Å².